The molecule has 18 heavy (non-hydrogen) atoms. The summed E-state index contributed by atoms with van der Waals surface area (Å²) < 4.78 is 3.69. The highest BCUT2D eigenvalue weighted by molar-refractivity contribution is 5.32. The Morgan fingerprint density at radius 1 is 1.33 bits per heavy atom. The molecule has 1 N–H and O–H groups in total. The lowest BCUT2D eigenvalue weighted by Gasteiger charge is -2.05. The SMILES string of the molecule is Cc1nn(C)cc1-n1ccc(CNCC(C)C)n1. The minimum atomic E-state index is 0.660. The van der Waals surface area contributed by atoms with E-state index in [1.54, 1.807) is 0 Å². The van der Waals surface area contributed by atoms with E-state index in [4.69, 9.17) is 0 Å². The van der Waals surface area contributed by atoms with Gasteiger partial charge >= 0.3 is 0 Å². The molecule has 5 nitrogen and oxygen atoms in total. The Bertz CT molecular complexity index is 509. The van der Waals surface area contributed by atoms with Crippen LogP contribution in [0.2, 0.25) is 0 Å². The van der Waals surface area contributed by atoms with E-state index < -0.39 is 0 Å². The van der Waals surface area contributed by atoms with Crippen LogP contribution in [0.1, 0.15) is 25.2 Å². The Morgan fingerprint density at radius 2 is 2.11 bits per heavy atom. The fraction of sp³-hybridized carbons (Fsp3) is 0.538. The van der Waals surface area contributed by atoms with Gasteiger partial charge in [-0.05, 0) is 25.5 Å². The van der Waals surface area contributed by atoms with Gasteiger partial charge in [0.05, 0.1) is 17.6 Å². The molecular formula is C13H21N5. The highest BCUT2D eigenvalue weighted by Crippen LogP contribution is 2.11. The standard InChI is InChI=1S/C13H21N5/c1-10(2)7-14-8-12-5-6-18(16-12)13-9-17(4)15-11(13)3/h5-6,9-10,14H,7-8H2,1-4H3. The minimum Gasteiger partial charge on any atom is -0.311 e. The molecule has 0 aromatic carbocycles. The smallest absolute Gasteiger partial charge is 0.105 e. The van der Waals surface area contributed by atoms with Crippen molar-refractivity contribution in [1.29, 1.82) is 0 Å². The van der Waals surface area contributed by atoms with Crippen LogP contribution < -0.4 is 5.32 Å². The van der Waals surface area contributed by atoms with Gasteiger partial charge < -0.3 is 5.32 Å². The molecule has 0 atom stereocenters. The van der Waals surface area contributed by atoms with E-state index in [2.05, 4.69) is 29.4 Å². The Balaban J connectivity index is 2.04. The van der Waals surface area contributed by atoms with Gasteiger partial charge in [0.1, 0.15) is 5.69 Å². The van der Waals surface area contributed by atoms with Crippen molar-refractivity contribution in [3.8, 4) is 5.69 Å². The van der Waals surface area contributed by atoms with E-state index in [0.717, 1.165) is 30.2 Å². The zero-order valence-corrected chi connectivity index (χ0v) is 11.5. The maximum absolute atomic E-state index is 4.55. The Morgan fingerprint density at radius 3 is 2.72 bits per heavy atom. The topological polar surface area (TPSA) is 47.7 Å². The molecule has 98 valence electrons. The van der Waals surface area contributed by atoms with Crippen LogP contribution in [0, 0.1) is 12.8 Å². The fourth-order valence-corrected chi connectivity index (χ4v) is 1.89. The number of hydrogen-bond acceptors (Lipinski definition) is 3. The largest absolute Gasteiger partial charge is 0.311 e. The first kappa shape index (κ1) is 12.8. The average Bonchev–Trinajstić information content (AvgIpc) is 2.85. The normalized spacial score (nSPS) is 11.4. The fourth-order valence-electron chi connectivity index (χ4n) is 1.89. The van der Waals surface area contributed by atoms with Crippen molar-refractivity contribution in [3.05, 3.63) is 29.8 Å². The summed E-state index contributed by atoms with van der Waals surface area (Å²) in [6.45, 7) is 8.21. The van der Waals surface area contributed by atoms with Crippen molar-refractivity contribution in [2.45, 2.75) is 27.3 Å². The first-order chi connectivity index (χ1) is 8.56. The number of rotatable bonds is 5. The Kier molecular flexibility index (Phi) is 3.81. The quantitative estimate of drug-likeness (QED) is 0.874. The lowest BCUT2D eigenvalue weighted by Crippen LogP contribution is -2.19. The maximum Gasteiger partial charge on any atom is 0.105 e. The van der Waals surface area contributed by atoms with Gasteiger partial charge in [0.25, 0.3) is 0 Å². The van der Waals surface area contributed by atoms with Gasteiger partial charge in [-0.2, -0.15) is 10.2 Å². The zero-order valence-electron chi connectivity index (χ0n) is 11.5. The molecule has 5 heteroatoms. The summed E-state index contributed by atoms with van der Waals surface area (Å²) in [6, 6.07) is 2.04. The van der Waals surface area contributed by atoms with E-state index in [1.807, 2.05) is 41.8 Å². The molecule has 0 fully saturated rings. The van der Waals surface area contributed by atoms with E-state index >= 15 is 0 Å². The predicted octanol–water partition coefficient (Wildman–Crippen LogP) is 1.66. The van der Waals surface area contributed by atoms with Crippen LogP contribution >= 0.6 is 0 Å². The summed E-state index contributed by atoms with van der Waals surface area (Å²) >= 11 is 0. The lowest BCUT2D eigenvalue weighted by molar-refractivity contribution is 0.546. The summed E-state index contributed by atoms with van der Waals surface area (Å²) in [5, 5.41) is 12.3. The van der Waals surface area contributed by atoms with Crippen LogP contribution in [0.25, 0.3) is 5.69 Å². The van der Waals surface area contributed by atoms with Gasteiger partial charge in [0.15, 0.2) is 0 Å². The summed E-state index contributed by atoms with van der Waals surface area (Å²) in [7, 11) is 1.92. The molecule has 2 rings (SSSR count). The van der Waals surface area contributed by atoms with Gasteiger partial charge in [0.2, 0.25) is 0 Å². The van der Waals surface area contributed by atoms with Crippen LogP contribution in [0.4, 0.5) is 0 Å². The van der Waals surface area contributed by atoms with Crippen molar-refractivity contribution >= 4 is 0 Å². The molecule has 0 spiro atoms. The molecule has 0 radical (unpaired) electrons. The second kappa shape index (κ2) is 5.35. The van der Waals surface area contributed by atoms with Gasteiger partial charge in [0, 0.05) is 19.8 Å². The third-order valence-electron chi connectivity index (χ3n) is 2.74. The minimum absolute atomic E-state index is 0.660. The molecule has 2 aromatic heterocycles. The Hall–Kier alpha value is -1.62. The number of aryl methyl sites for hydroxylation is 2. The van der Waals surface area contributed by atoms with Crippen molar-refractivity contribution in [3.63, 3.8) is 0 Å². The van der Waals surface area contributed by atoms with Crippen LogP contribution in [-0.4, -0.2) is 26.1 Å². The van der Waals surface area contributed by atoms with Crippen LogP contribution in [0.15, 0.2) is 18.5 Å². The number of nitrogens with one attached hydrogen (secondary N) is 1. The summed E-state index contributed by atoms with van der Waals surface area (Å²) in [5.41, 5.74) is 3.08. The van der Waals surface area contributed by atoms with Crippen molar-refractivity contribution < 1.29 is 0 Å². The van der Waals surface area contributed by atoms with Crippen molar-refractivity contribution in [2.75, 3.05) is 6.54 Å². The van der Waals surface area contributed by atoms with Gasteiger partial charge in [-0.25, -0.2) is 4.68 Å². The summed E-state index contributed by atoms with van der Waals surface area (Å²) in [6.07, 6.45) is 3.96. The number of nitrogens with zero attached hydrogens (tertiary/aromatic N) is 4. The van der Waals surface area contributed by atoms with Crippen LogP contribution in [0.5, 0.6) is 0 Å². The van der Waals surface area contributed by atoms with Gasteiger partial charge in [-0.3, -0.25) is 4.68 Å². The molecule has 2 heterocycles. The van der Waals surface area contributed by atoms with E-state index in [1.165, 1.54) is 0 Å². The molecule has 0 aliphatic carbocycles. The molecule has 0 saturated carbocycles. The lowest BCUT2D eigenvalue weighted by atomic mass is 10.2. The zero-order chi connectivity index (χ0) is 13.1. The molecule has 2 aromatic rings. The first-order valence-electron chi connectivity index (χ1n) is 6.32. The second-order valence-electron chi connectivity index (χ2n) is 5.05. The van der Waals surface area contributed by atoms with Gasteiger partial charge in [-0.15, -0.1) is 0 Å². The maximum atomic E-state index is 4.55. The molecule has 0 aliphatic rings. The number of aromatic nitrogens is 4. The van der Waals surface area contributed by atoms with Gasteiger partial charge in [-0.1, -0.05) is 13.8 Å². The molecule has 0 unspecified atom stereocenters. The Labute approximate surface area is 108 Å². The summed E-state index contributed by atoms with van der Waals surface area (Å²) in [4.78, 5) is 0. The molecule has 0 amide bonds. The predicted molar refractivity (Wildman–Crippen MR) is 71.6 cm³/mol. The summed E-state index contributed by atoms with van der Waals surface area (Å²) in [5.74, 6) is 0.660. The van der Waals surface area contributed by atoms with Crippen LogP contribution in [0.3, 0.4) is 0 Å². The monoisotopic (exact) mass is 247 g/mol. The average molecular weight is 247 g/mol. The molecule has 0 saturated heterocycles. The molecular weight excluding hydrogens is 226 g/mol. The molecule has 0 aliphatic heterocycles. The van der Waals surface area contributed by atoms with Crippen molar-refractivity contribution in [2.24, 2.45) is 13.0 Å². The third kappa shape index (κ3) is 2.98. The van der Waals surface area contributed by atoms with Crippen LogP contribution in [-0.2, 0) is 13.6 Å². The van der Waals surface area contributed by atoms with E-state index in [0.29, 0.717) is 5.92 Å². The highest BCUT2D eigenvalue weighted by Gasteiger charge is 2.07. The third-order valence-corrected chi connectivity index (χ3v) is 2.74. The second-order valence-corrected chi connectivity index (χ2v) is 5.05. The van der Waals surface area contributed by atoms with E-state index in [9.17, 15) is 0 Å². The van der Waals surface area contributed by atoms with E-state index in [-0.39, 0.29) is 0 Å². The number of hydrogen-bond donors (Lipinski definition) is 1. The highest BCUT2D eigenvalue weighted by atomic mass is 15.3. The first-order valence-corrected chi connectivity index (χ1v) is 6.32. The molecule has 0 bridgehead atoms. The van der Waals surface area contributed by atoms with Crippen molar-refractivity contribution in [1.82, 2.24) is 24.9 Å².